The molecule has 8 aromatic carbocycles. The summed E-state index contributed by atoms with van der Waals surface area (Å²) in [6.45, 7) is 2.25. The molecule has 2 nitrogen and oxygen atoms in total. The Morgan fingerprint density at radius 2 is 0.842 bits per heavy atom. The van der Waals surface area contributed by atoms with Gasteiger partial charge in [0.1, 0.15) is 0 Å². The topological polar surface area (TPSA) is 25.2 Å². The van der Waals surface area contributed by atoms with Crippen molar-refractivity contribution in [2.75, 3.05) is 0 Å². The predicted octanol–water partition coefficient (Wildman–Crippen LogP) is 14.8. The summed E-state index contributed by atoms with van der Waals surface area (Å²) in [7, 11) is 0. The van der Waals surface area contributed by atoms with Crippen molar-refractivity contribution in [1.29, 1.82) is 0 Å². The van der Waals surface area contributed by atoms with Crippen LogP contribution in [-0.4, -0.2) is 11.2 Å². The highest BCUT2D eigenvalue weighted by Gasteiger charge is 2.18. The molecule has 0 bridgehead atoms. The Hall–Kier alpha value is -7.16. The van der Waals surface area contributed by atoms with Crippen LogP contribution >= 0.6 is 0 Å². The summed E-state index contributed by atoms with van der Waals surface area (Å²) < 4.78 is 0. The molecule has 57 heavy (non-hydrogen) atoms. The molecular weight excluding hydrogens is 689 g/mol. The van der Waals surface area contributed by atoms with Crippen molar-refractivity contribution in [2.45, 2.75) is 19.8 Å². The van der Waals surface area contributed by atoms with Crippen molar-refractivity contribution in [1.82, 2.24) is 4.98 Å². The largest absolute Gasteiger partial charge is 0.255 e. The van der Waals surface area contributed by atoms with E-state index in [2.05, 4.69) is 195 Å². The van der Waals surface area contributed by atoms with Crippen LogP contribution in [0.5, 0.6) is 0 Å². The first-order valence-electron chi connectivity index (χ1n) is 19.8. The first-order chi connectivity index (χ1) is 28.2. The summed E-state index contributed by atoms with van der Waals surface area (Å²) in [5, 5.41) is 4.99. The minimum Gasteiger partial charge on any atom is -0.255 e. The molecule has 1 aliphatic heterocycles. The van der Waals surface area contributed by atoms with Gasteiger partial charge in [-0.3, -0.25) is 4.99 Å². The molecule has 0 unspecified atom stereocenters. The van der Waals surface area contributed by atoms with E-state index in [0.29, 0.717) is 0 Å². The average Bonchev–Trinajstić information content (AvgIpc) is 3.28. The highest BCUT2D eigenvalue weighted by molar-refractivity contribution is 6.18. The third-order valence-corrected chi connectivity index (χ3v) is 11.4. The van der Waals surface area contributed by atoms with Gasteiger partial charge in [-0.25, -0.2) is 4.98 Å². The molecule has 0 atom stereocenters. The predicted molar refractivity (Wildman–Crippen MR) is 242 cm³/mol. The van der Waals surface area contributed by atoms with E-state index in [1.54, 1.807) is 0 Å². The molecule has 0 aliphatic carbocycles. The lowest BCUT2D eigenvalue weighted by Crippen LogP contribution is -1.99. The van der Waals surface area contributed by atoms with E-state index in [4.69, 9.17) is 9.98 Å². The molecule has 1 aromatic heterocycles. The Morgan fingerprint density at radius 1 is 0.351 bits per heavy atom. The van der Waals surface area contributed by atoms with E-state index in [-0.39, 0.29) is 0 Å². The highest BCUT2D eigenvalue weighted by Crippen LogP contribution is 2.43. The number of rotatable bonds is 6. The molecule has 1 aliphatic rings. The fourth-order valence-electron chi connectivity index (χ4n) is 8.42. The van der Waals surface area contributed by atoms with Gasteiger partial charge < -0.3 is 0 Å². The molecule has 0 amide bonds. The molecule has 10 rings (SSSR count). The van der Waals surface area contributed by atoms with Crippen LogP contribution < -0.4 is 0 Å². The summed E-state index contributed by atoms with van der Waals surface area (Å²) in [6.07, 6.45) is 4.04. The average molecular weight is 729 g/mol. The minimum absolute atomic E-state index is 0.953. The first kappa shape index (κ1) is 34.3. The van der Waals surface area contributed by atoms with Gasteiger partial charge in [0.2, 0.25) is 0 Å². The second-order valence-corrected chi connectivity index (χ2v) is 15.0. The Labute approximate surface area is 334 Å². The van der Waals surface area contributed by atoms with Crippen molar-refractivity contribution in [3.05, 3.63) is 211 Å². The highest BCUT2D eigenvalue weighted by atomic mass is 14.7. The summed E-state index contributed by atoms with van der Waals surface area (Å²) in [5.74, 6) is 0. The monoisotopic (exact) mass is 728 g/mol. The zero-order valence-corrected chi connectivity index (χ0v) is 31.9. The molecule has 9 aromatic rings. The molecule has 2 heterocycles. The van der Waals surface area contributed by atoms with Gasteiger partial charge in [0.05, 0.1) is 17.1 Å². The van der Waals surface area contributed by atoms with Crippen LogP contribution in [0.3, 0.4) is 0 Å². The van der Waals surface area contributed by atoms with E-state index in [9.17, 15) is 0 Å². The van der Waals surface area contributed by atoms with E-state index < -0.39 is 0 Å². The number of aryl methyl sites for hydroxylation is 1. The van der Waals surface area contributed by atoms with Gasteiger partial charge in [0, 0.05) is 22.7 Å². The van der Waals surface area contributed by atoms with Crippen molar-refractivity contribution in [3.8, 4) is 55.9 Å². The maximum atomic E-state index is 5.28. The second kappa shape index (κ2) is 14.8. The van der Waals surface area contributed by atoms with Crippen molar-refractivity contribution in [3.63, 3.8) is 0 Å². The van der Waals surface area contributed by atoms with Crippen molar-refractivity contribution in [2.24, 2.45) is 4.99 Å². The second-order valence-electron chi connectivity index (χ2n) is 15.0. The van der Waals surface area contributed by atoms with E-state index in [0.717, 1.165) is 52.2 Å². The lowest BCUT2D eigenvalue weighted by Gasteiger charge is -2.19. The number of hydrogen-bond acceptors (Lipinski definition) is 2. The number of fused-ring (bicyclic) bond motifs is 6. The molecule has 0 N–H and O–H groups in total. The quantitative estimate of drug-likeness (QED) is 0.157. The SMILES string of the molecule is C/C1=C(c2ccccc2)/C=N\c2c(c3ccccc3c3cc(-c4cccc(-c5cccc(-c6cc(-c7ccccc7)nc(-c7ccccc7)c6)c5)c4)ccc23)CC1. The van der Waals surface area contributed by atoms with Crippen LogP contribution in [0.25, 0.3) is 83.0 Å². The van der Waals surface area contributed by atoms with Gasteiger partial charge >= 0.3 is 0 Å². The Balaban J connectivity index is 1.05. The maximum absolute atomic E-state index is 5.28. The number of allylic oxidation sites excluding steroid dienone is 2. The third-order valence-electron chi connectivity index (χ3n) is 11.4. The van der Waals surface area contributed by atoms with Gasteiger partial charge in [-0.1, -0.05) is 169 Å². The van der Waals surface area contributed by atoms with Gasteiger partial charge in [-0.2, -0.15) is 0 Å². The van der Waals surface area contributed by atoms with E-state index in [1.807, 2.05) is 12.1 Å². The number of pyridine rings is 1. The zero-order valence-electron chi connectivity index (χ0n) is 31.9. The van der Waals surface area contributed by atoms with Gasteiger partial charge in [-0.05, 0) is 116 Å². The first-order valence-corrected chi connectivity index (χ1v) is 19.8. The Morgan fingerprint density at radius 3 is 1.44 bits per heavy atom. The van der Waals surface area contributed by atoms with Crippen LogP contribution in [0.4, 0.5) is 5.69 Å². The molecule has 0 radical (unpaired) electrons. The van der Waals surface area contributed by atoms with Crippen molar-refractivity contribution >= 4 is 39.0 Å². The van der Waals surface area contributed by atoms with Crippen LogP contribution in [-0.2, 0) is 6.42 Å². The number of nitrogens with zero attached hydrogens (tertiary/aromatic N) is 2. The Bertz CT molecular complexity index is 2940. The molecule has 270 valence electrons. The number of aliphatic imine (C=N–C) groups is 1. The fraction of sp³-hybridized carbons (Fsp3) is 0.0545. The van der Waals surface area contributed by atoms with Crippen LogP contribution in [0.1, 0.15) is 24.5 Å². The van der Waals surface area contributed by atoms with E-state index in [1.165, 1.54) is 66.1 Å². The minimum atomic E-state index is 0.953. The van der Waals surface area contributed by atoms with Crippen LogP contribution in [0.2, 0.25) is 0 Å². The summed E-state index contributed by atoms with van der Waals surface area (Å²) in [6, 6.07) is 69.6. The third kappa shape index (κ3) is 6.66. The maximum Gasteiger partial charge on any atom is 0.0746 e. The fourth-order valence-corrected chi connectivity index (χ4v) is 8.42. The Kier molecular flexibility index (Phi) is 8.93. The number of hydrogen-bond donors (Lipinski definition) is 0. The summed E-state index contributed by atoms with van der Waals surface area (Å²) in [5.41, 5.74) is 17.4. The molecule has 0 fully saturated rings. The standard InChI is InChI=1S/C55H40N2/c1-37-27-29-49-47-25-11-12-26-48(47)51-33-45(28-30-50(51)55(49)56-36-52(37)38-15-5-2-6-16-38)43-23-13-21-41(31-43)42-22-14-24-44(32-42)46-34-53(39-17-7-3-8-18-39)57-54(35-46)40-19-9-4-10-20-40/h2-26,28,30-36H,27,29H2,1H3/b52-37+,56-36-. The van der Waals surface area contributed by atoms with Gasteiger partial charge in [-0.15, -0.1) is 0 Å². The summed E-state index contributed by atoms with van der Waals surface area (Å²) >= 11 is 0. The van der Waals surface area contributed by atoms with E-state index >= 15 is 0 Å². The number of benzene rings is 8. The molecular formula is C55H40N2. The van der Waals surface area contributed by atoms with Gasteiger partial charge in [0.25, 0.3) is 0 Å². The molecule has 0 saturated carbocycles. The lowest BCUT2D eigenvalue weighted by atomic mass is 9.88. The smallest absolute Gasteiger partial charge is 0.0746 e. The summed E-state index contributed by atoms with van der Waals surface area (Å²) in [4.78, 5) is 10.4. The number of aromatic nitrogens is 1. The van der Waals surface area contributed by atoms with Crippen LogP contribution in [0.15, 0.2) is 205 Å². The lowest BCUT2D eigenvalue weighted by molar-refractivity contribution is 0.952. The van der Waals surface area contributed by atoms with Crippen molar-refractivity contribution < 1.29 is 0 Å². The molecule has 2 heteroatoms. The zero-order chi connectivity index (χ0) is 38.1. The normalized spacial score (nSPS) is 14.5. The molecule has 0 spiro atoms. The van der Waals surface area contributed by atoms with Crippen LogP contribution in [0, 0.1) is 0 Å². The molecule has 0 saturated heterocycles. The van der Waals surface area contributed by atoms with Gasteiger partial charge in [0.15, 0.2) is 0 Å².